The first-order valence-electron chi connectivity index (χ1n) is 10.8. The van der Waals surface area contributed by atoms with Crippen LogP contribution in [0.2, 0.25) is 5.02 Å². The molecular weight excluding hydrogens is 480 g/mol. The molecule has 10 heteroatoms. The minimum Gasteiger partial charge on any atom is -0.478 e. The molecule has 0 radical (unpaired) electrons. The number of benzene rings is 2. The van der Waals surface area contributed by atoms with Crippen molar-refractivity contribution >= 4 is 33.5 Å². The van der Waals surface area contributed by atoms with Crippen molar-refractivity contribution in [3.8, 4) is 5.75 Å². The summed E-state index contributed by atoms with van der Waals surface area (Å²) in [6.07, 6.45) is 1.17. The molecule has 0 aliphatic heterocycles. The van der Waals surface area contributed by atoms with Crippen LogP contribution in [0.3, 0.4) is 0 Å². The summed E-state index contributed by atoms with van der Waals surface area (Å²) in [5, 5.41) is 3.22. The summed E-state index contributed by atoms with van der Waals surface area (Å²) in [6.45, 7) is 5.43. The molecule has 34 heavy (non-hydrogen) atoms. The van der Waals surface area contributed by atoms with Crippen LogP contribution in [-0.4, -0.2) is 45.6 Å². The lowest BCUT2D eigenvalue weighted by Gasteiger charge is -2.25. The van der Waals surface area contributed by atoms with Gasteiger partial charge in [-0.05, 0) is 75.6 Å². The first-order valence-corrected chi connectivity index (χ1v) is 12.7. The van der Waals surface area contributed by atoms with E-state index in [1.807, 2.05) is 12.1 Å². The van der Waals surface area contributed by atoms with E-state index in [0.717, 1.165) is 5.56 Å². The second-order valence-electron chi connectivity index (χ2n) is 8.37. The van der Waals surface area contributed by atoms with E-state index < -0.39 is 15.6 Å². The number of methoxy groups -OCH3 is 1. The van der Waals surface area contributed by atoms with E-state index in [0.29, 0.717) is 30.2 Å². The second-order valence-corrected chi connectivity index (χ2v) is 10.5. The SMILES string of the molecule is COC(=O)CCCNC(=O)C(C)(C)Oc1ccc(CC(C)NS(=O)(=O)c2ccc(Cl)cc2)cc1. The lowest BCUT2D eigenvalue weighted by molar-refractivity contribution is -0.141. The molecule has 0 aliphatic rings. The number of esters is 1. The fraction of sp³-hybridized carbons (Fsp3) is 0.417. The van der Waals surface area contributed by atoms with Gasteiger partial charge in [0.05, 0.1) is 12.0 Å². The van der Waals surface area contributed by atoms with E-state index >= 15 is 0 Å². The Kier molecular flexibility index (Phi) is 9.90. The maximum absolute atomic E-state index is 12.5. The van der Waals surface area contributed by atoms with Crippen molar-refractivity contribution in [1.82, 2.24) is 10.0 Å². The molecule has 0 aliphatic carbocycles. The van der Waals surface area contributed by atoms with E-state index in [9.17, 15) is 18.0 Å². The average Bonchev–Trinajstić information content (AvgIpc) is 2.77. The third-order valence-electron chi connectivity index (χ3n) is 4.94. The van der Waals surface area contributed by atoms with Gasteiger partial charge < -0.3 is 14.8 Å². The lowest BCUT2D eigenvalue weighted by Crippen LogP contribution is -2.46. The number of amides is 1. The van der Waals surface area contributed by atoms with Crippen LogP contribution in [-0.2, 0) is 30.8 Å². The van der Waals surface area contributed by atoms with Crippen molar-refractivity contribution in [2.75, 3.05) is 13.7 Å². The van der Waals surface area contributed by atoms with Gasteiger partial charge in [-0.25, -0.2) is 13.1 Å². The summed E-state index contributed by atoms with van der Waals surface area (Å²) in [5.41, 5.74) is -0.211. The van der Waals surface area contributed by atoms with Gasteiger partial charge >= 0.3 is 5.97 Å². The molecule has 0 heterocycles. The topological polar surface area (TPSA) is 111 Å². The van der Waals surface area contributed by atoms with Crippen molar-refractivity contribution in [2.45, 2.75) is 56.6 Å². The molecule has 0 fully saturated rings. The largest absolute Gasteiger partial charge is 0.478 e. The Morgan fingerprint density at radius 3 is 2.26 bits per heavy atom. The number of carbonyl (C=O) groups is 2. The summed E-state index contributed by atoms with van der Waals surface area (Å²) in [5.74, 6) is -0.114. The Morgan fingerprint density at radius 2 is 1.68 bits per heavy atom. The highest BCUT2D eigenvalue weighted by molar-refractivity contribution is 7.89. The minimum absolute atomic E-state index is 0.151. The molecule has 0 bridgehead atoms. The molecule has 2 aromatic carbocycles. The summed E-state index contributed by atoms with van der Waals surface area (Å²) >= 11 is 5.83. The van der Waals surface area contributed by atoms with Crippen LogP contribution < -0.4 is 14.8 Å². The number of hydrogen-bond donors (Lipinski definition) is 2. The lowest BCUT2D eigenvalue weighted by atomic mass is 10.1. The van der Waals surface area contributed by atoms with Crippen LogP contribution in [0.1, 0.15) is 39.2 Å². The molecule has 8 nitrogen and oxygen atoms in total. The van der Waals surface area contributed by atoms with Crippen molar-refractivity contribution in [3.63, 3.8) is 0 Å². The zero-order chi connectivity index (χ0) is 25.4. The molecule has 1 atom stereocenters. The number of nitrogens with one attached hydrogen (secondary N) is 2. The fourth-order valence-corrected chi connectivity index (χ4v) is 4.50. The van der Waals surface area contributed by atoms with Crippen molar-refractivity contribution in [3.05, 3.63) is 59.1 Å². The Hall–Kier alpha value is -2.62. The van der Waals surface area contributed by atoms with Crippen LogP contribution in [0.5, 0.6) is 5.75 Å². The first-order chi connectivity index (χ1) is 15.9. The van der Waals surface area contributed by atoms with E-state index in [4.69, 9.17) is 16.3 Å². The Bertz CT molecular complexity index is 1070. The Balaban J connectivity index is 1.88. The van der Waals surface area contributed by atoms with Gasteiger partial charge in [0.25, 0.3) is 5.91 Å². The third kappa shape index (κ3) is 8.62. The minimum atomic E-state index is -3.66. The molecule has 1 unspecified atom stereocenters. The van der Waals surface area contributed by atoms with Crippen molar-refractivity contribution in [2.24, 2.45) is 0 Å². The van der Waals surface area contributed by atoms with E-state index in [1.165, 1.54) is 31.4 Å². The van der Waals surface area contributed by atoms with Gasteiger partial charge in [0.15, 0.2) is 5.60 Å². The molecule has 1 amide bonds. The fourth-order valence-electron chi connectivity index (χ4n) is 3.13. The molecule has 186 valence electrons. The molecule has 0 saturated carbocycles. The number of carbonyl (C=O) groups excluding carboxylic acids is 2. The van der Waals surface area contributed by atoms with Crippen LogP contribution in [0.25, 0.3) is 0 Å². The van der Waals surface area contributed by atoms with E-state index in [-0.39, 0.29) is 29.2 Å². The molecule has 0 spiro atoms. The molecule has 2 rings (SSSR count). The number of rotatable bonds is 12. The molecule has 2 N–H and O–H groups in total. The molecule has 2 aromatic rings. The summed E-state index contributed by atoms with van der Waals surface area (Å²) < 4.78 is 38.1. The van der Waals surface area contributed by atoms with Gasteiger partial charge in [0.1, 0.15) is 5.75 Å². The van der Waals surface area contributed by atoms with Crippen LogP contribution >= 0.6 is 11.6 Å². The highest BCUT2D eigenvalue weighted by atomic mass is 35.5. The molecule has 0 aromatic heterocycles. The smallest absolute Gasteiger partial charge is 0.305 e. The first kappa shape index (κ1) is 27.6. The van der Waals surface area contributed by atoms with Gasteiger partial charge in [-0.2, -0.15) is 0 Å². The molecular formula is C24H31ClN2O6S. The number of halogens is 1. The van der Waals surface area contributed by atoms with Gasteiger partial charge in [-0.1, -0.05) is 23.7 Å². The monoisotopic (exact) mass is 510 g/mol. The highest BCUT2D eigenvalue weighted by Gasteiger charge is 2.29. The highest BCUT2D eigenvalue weighted by Crippen LogP contribution is 2.20. The van der Waals surface area contributed by atoms with Crippen LogP contribution in [0.15, 0.2) is 53.4 Å². The van der Waals surface area contributed by atoms with Gasteiger partial charge in [0, 0.05) is 24.0 Å². The molecule has 0 saturated heterocycles. The van der Waals surface area contributed by atoms with Gasteiger partial charge in [-0.3, -0.25) is 9.59 Å². The summed E-state index contributed by atoms with van der Waals surface area (Å²) in [4.78, 5) is 23.7. The summed E-state index contributed by atoms with van der Waals surface area (Å²) in [6, 6.07) is 12.8. The quantitative estimate of drug-likeness (QED) is 0.334. The second kappa shape index (κ2) is 12.2. The number of sulfonamides is 1. The average molecular weight is 511 g/mol. The van der Waals surface area contributed by atoms with E-state index in [2.05, 4.69) is 14.8 Å². The van der Waals surface area contributed by atoms with Crippen molar-refractivity contribution < 1.29 is 27.5 Å². The Morgan fingerprint density at radius 1 is 1.06 bits per heavy atom. The number of hydrogen-bond acceptors (Lipinski definition) is 6. The standard InChI is InChI=1S/C24H31ClN2O6S/c1-17(27-34(30,31)21-13-9-19(25)10-14-21)16-18-7-11-20(12-8-18)33-24(2,3)23(29)26-15-5-6-22(28)32-4/h7-14,17,27H,5-6,15-16H2,1-4H3,(H,26,29). The normalized spacial score (nSPS) is 12.6. The van der Waals surface area contributed by atoms with Crippen molar-refractivity contribution in [1.29, 1.82) is 0 Å². The maximum Gasteiger partial charge on any atom is 0.305 e. The van der Waals surface area contributed by atoms with Crippen LogP contribution in [0.4, 0.5) is 0 Å². The number of ether oxygens (including phenoxy) is 2. The van der Waals surface area contributed by atoms with Crippen LogP contribution in [0, 0.1) is 0 Å². The van der Waals surface area contributed by atoms with E-state index in [1.54, 1.807) is 32.9 Å². The summed E-state index contributed by atoms with van der Waals surface area (Å²) in [7, 11) is -2.33. The maximum atomic E-state index is 12.5. The zero-order valence-electron chi connectivity index (χ0n) is 19.8. The third-order valence-corrected chi connectivity index (χ3v) is 6.79. The van der Waals surface area contributed by atoms with Gasteiger partial charge in [-0.15, -0.1) is 0 Å². The Labute approximate surface area is 206 Å². The predicted octanol–water partition coefficient (Wildman–Crippen LogP) is 3.48. The zero-order valence-corrected chi connectivity index (χ0v) is 21.3. The van der Waals surface area contributed by atoms with Gasteiger partial charge in [0.2, 0.25) is 10.0 Å². The predicted molar refractivity (Wildman–Crippen MR) is 130 cm³/mol.